The van der Waals surface area contributed by atoms with Crippen LogP contribution in [0.2, 0.25) is 0 Å². The Bertz CT molecular complexity index is 448. The van der Waals surface area contributed by atoms with E-state index in [0.717, 1.165) is 25.2 Å². The topological polar surface area (TPSA) is 29.3 Å². The maximum Gasteiger partial charge on any atom is 0.0403 e. The summed E-state index contributed by atoms with van der Waals surface area (Å²) in [6.45, 7) is 2.27. The molecule has 0 bridgehead atoms. The van der Waals surface area contributed by atoms with E-state index in [4.69, 9.17) is 5.73 Å². The molecule has 0 atom stereocenters. The van der Waals surface area contributed by atoms with E-state index < -0.39 is 0 Å². The number of benzene rings is 1. The molecule has 1 aromatic carbocycles. The molecular weight excluding hydrogens is 208 g/mol. The van der Waals surface area contributed by atoms with Crippen molar-refractivity contribution in [1.82, 2.24) is 0 Å². The highest BCUT2D eigenvalue weighted by molar-refractivity contribution is 5.63. The van der Waals surface area contributed by atoms with Crippen LogP contribution in [0.1, 0.15) is 31.2 Å². The van der Waals surface area contributed by atoms with Gasteiger partial charge in [0.25, 0.3) is 0 Å². The van der Waals surface area contributed by atoms with E-state index in [1.165, 1.54) is 36.9 Å². The number of allylic oxidation sites excluding steroid dienone is 1. The molecule has 0 unspecified atom stereocenters. The Morgan fingerprint density at radius 3 is 2.94 bits per heavy atom. The Morgan fingerprint density at radius 1 is 1.18 bits per heavy atom. The first-order valence-corrected chi connectivity index (χ1v) is 6.64. The van der Waals surface area contributed by atoms with Crippen molar-refractivity contribution in [2.75, 3.05) is 23.7 Å². The van der Waals surface area contributed by atoms with E-state index >= 15 is 0 Å². The molecule has 1 aliphatic heterocycles. The zero-order valence-corrected chi connectivity index (χ0v) is 10.3. The van der Waals surface area contributed by atoms with Crippen molar-refractivity contribution in [1.29, 1.82) is 0 Å². The first-order chi connectivity index (χ1) is 8.33. The van der Waals surface area contributed by atoms with Crippen LogP contribution in [-0.2, 0) is 6.42 Å². The van der Waals surface area contributed by atoms with Gasteiger partial charge in [-0.25, -0.2) is 0 Å². The summed E-state index contributed by atoms with van der Waals surface area (Å²) in [6, 6.07) is 6.33. The van der Waals surface area contributed by atoms with Gasteiger partial charge in [-0.1, -0.05) is 11.6 Å². The van der Waals surface area contributed by atoms with E-state index in [1.807, 2.05) is 6.07 Å². The third kappa shape index (κ3) is 2.17. The first kappa shape index (κ1) is 10.7. The van der Waals surface area contributed by atoms with E-state index in [0.29, 0.717) is 0 Å². The SMILES string of the molecule is Nc1ccc2c(c1)CCN2CC1=CCCCC1. The van der Waals surface area contributed by atoms with Gasteiger partial charge in [-0.3, -0.25) is 0 Å². The molecule has 0 saturated carbocycles. The van der Waals surface area contributed by atoms with Gasteiger partial charge in [-0.05, 0) is 55.9 Å². The fourth-order valence-corrected chi connectivity index (χ4v) is 2.95. The third-order valence-corrected chi connectivity index (χ3v) is 3.87. The van der Waals surface area contributed by atoms with Crippen LogP contribution in [0.15, 0.2) is 29.8 Å². The van der Waals surface area contributed by atoms with Crippen LogP contribution >= 0.6 is 0 Å². The van der Waals surface area contributed by atoms with Crippen LogP contribution in [0.3, 0.4) is 0 Å². The van der Waals surface area contributed by atoms with Gasteiger partial charge in [0, 0.05) is 24.5 Å². The largest absolute Gasteiger partial charge is 0.399 e. The molecule has 90 valence electrons. The van der Waals surface area contributed by atoms with E-state index in [-0.39, 0.29) is 0 Å². The maximum absolute atomic E-state index is 5.83. The fraction of sp³-hybridized carbons (Fsp3) is 0.467. The number of fused-ring (bicyclic) bond motifs is 1. The lowest BCUT2D eigenvalue weighted by molar-refractivity contribution is 0.681. The summed E-state index contributed by atoms with van der Waals surface area (Å²) in [5.41, 5.74) is 11.2. The first-order valence-electron chi connectivity index (χ1n) is 6.64. The maximum atomic E-state index is 5.83. The van der Waals surface area contributed by atoms with E-state index in [2.05, 4.69) is 23.1 Å². The molecule has 2 heteroatoms. The normalized spacial score (nSPS) is 19.1. The minimum absolute atomic E-state index is 0.891. The van der Waals surface area contributed by atoms with Crippen LogP contribution in [0.5, 0.6) is 0 Å². The Labute approximate surface area is 103 Å². The average Bonchev–Trinajstić information content (AvgIpc) is 2.73. The number of hydrogen-bond acceptors (Lipinski definition) is 2. The average molecular weight is 228 g/mol. The second-order valence-electron chi connectivity index (χ2n) is 5.17. The molecule has 0 radical (unpaired) electrons. The zero-order valence-electron chi connectivity index (χ0n) is 10.3. The summed E-state index contributed by atoms with van der Waals surface area (Å²) < 4.78 is 0. The van der Waals surface area contributed by atoms with Crippen molar-refractivity contribution in [3.8, 4) is 0 Å². The standard InChI is InChI=1S/C15H20N2/c16-14-6-7-15-13(10-14)8-9-17(15)11-12-4-2-1-3-5-12/h4,6-7,10H,1-3,5,8-9,11,16H2. The van der Waals surface area contributed by atoms with Crippen molar-refractivity contribution >= 4 is 11.4 Å². The molecule has 0 fully saturated rings. The number of hydrogen-bond donors (Lipinski definition) is 1. The lowest BCUT2D eigenvalue weighted by atomic mass is 9.99. The molecular formula is C15H20N2. The van der Waals surface area contributed by atoms with Gasteiger partial charge in [0.15, 0.2) is 0 Å². The summed E-state index contributed by atoms with van der Waals surface area (Å²) in [4.78, 5) is 2.51. The molecule has 2 N–H and O–H groups in total. The monoisotopic (exact) mass is 228 g/mol. The third-order valence-electron chi connectivity index (χ3n) is 3.87. The number of nitrogens with two attached hydrogens (primary N) is 1. The molecule has 0 amide bonds. The van der Waals surface area contributed by atoms with Crippen LogP contribution in [-0.4, -0.2) is 13.1 Å². The second kappa shape index (κ2) is 4.44. The van der Waals surface area contributed by atoms with E-state index in [1.54, 1.807) is 5.57 Å². The number of rotatable bonds is 2. The molecule has 1 aliphatic carbocycles. The van der Waals surface area contributed by atoms with Gasteiger partial charge in [0.05, 0.1) is 0 Å². The summed E-state index contributed by atoms with van der Waals surface area (Å²) in [6.07, 6.45) is 8.90. The molecule has 0 saturated heterocycles. The summed E-state index contributed by atoms with van der Waals surface area (Å²) in [7, 11) is 0. The van der Waals surface area contributed by atoms with Gasteiger partial charge in [-0.15, -0.1) is 0 Å². The molecule has 0 spiro atoms. The smallest absolute Gasteiger partial charge is 0.0403 e. The van der Waals surface area contributed by atoms with Crippen LogP contribution in [0.4, 0.5) is 11.4 Å². The number of nitrogens with zero attached hydrogens (tertiary/aromatic N) is 1. The summed E-state index contributed by atoms with van der Waals surface area (Å²) >= 11 is 0. The predicted molar refractivity (Wildman–Crippen MR) is 73.3 cm³/mol. The number of anilines is 2. The van der Waals surface area contributed by atoms with Gasteiger partial charge >= 0.3 is 0 Å². The van der Waals surface area contributed by atoms with Gasteiger partial charge in [0.2, 0.25) is 0 Å². The fourth-order valence-electron chi connectivity index (χ4n) is 2.95. The lowest BCUT2D eigenvalue weighted by Crippen LogP contribution is -2.23. The molecule has 0 aromatic heterocycles. The summed E-state index contributed by atoms with van der Waals surface area (Å²) in [5, 5.41) is 0. The Morgan fingerprint density at radius 2 is 2.12 bits per heavy atom. The molecule has 2 nitrogen and oxygen atoms in total. The second-order valence-corrected chi connectivity index (χ2v) is 5.17. The zero-order chi connectivity index (χ0) is 11.7. The molecule has 1 heterocycles. The van der Waals surface area contributed by atoms with Crippen LogP contribution < -0.4 is 10.6 Å². The van der Waals surface area contributed by atoms with Crippen LogP contribution in [0, 0.1) is 0 Å². The molecule has 17 heavy (non-hydrogen) atoms. The molecule has 3 rings (SSSR count). The van der Waals surface area contributed by atoms with Crippen molar-refractivity contribution in [2.24, 2.45) is 0 Å². The highest BCUT2D eigenvalue weighted by Gasteiger charge is 2.20. The minimum Gasteiger partial charge on any atom is -0.399 e. The van der Waals surface area contributed by atoms with E-state index in [9.17, 15) is 0 Å². The minimum atomic E-state index is 0.891. The van der Waals surface area contributed by atoms with Crippen molar-refractivity contribution in [3.63, 3.8) is 0 Å². The highest BCUT2D eigenvalue weighted by atomic mass is 15.1. The summed E-state index contributed by atoms with van der Waals surface area (Å²) in [5.74, 6) is 0. The quantitative estimate of drug-likeness (QED) is 0.622. The highest BCUT2D eigenvalue weighted by Crippen LogP contribution is 2.31. The van der Waals surface area contributed by atoms with Crippen LogP contribution in [0.25, 0.3) is 0 Å². The molecule has 1 aromatic rings. The number of nitrogen functional groups attached to an aromatic ring is 1. The Kier molecular flexibility index (Phi) is 2.79. The van der Waals surface area contributed by atoms with Gasteiger partial charge in [-0.2, -0.15) is 0 Å². The van der Waals surface area contributed by atoms with Crippen molar-refractivity contribution in [2.45, 2.75) is 32.1 Å². The Hall–Kier alpha value is -1.44. The Balaban J connectivity index is 1.77. The predicted octanol–water partition coefficient (Wildman–Crippen LogP) is 3.13. The van der Waals surface area contributed by atoms with Crippen molar-refractivity contribution < 1.29 is 0 Å². The lowest BCUT2D eigenvalue weighted by Gasteiger charge is -2.23. The molecule has 2 aliphatic rings. The van der Waals surface area contributed by atoms with Crippen molar-refractivity contribution in [3.05, 3.63) is 35.4 Å². The van der Waals surface area contributed by atoms with Gasteiger partial charge < -0.3 is 10.6 Å². The van der Waals surface area contributed by atoms with Gasteiger partial charge in [0.1, 0.15) is 0 Å².